The Bertz CT molecular complexity index is 308. The van der Waals surface area contributed by atoms with Gasteiger partial charge in [-0.15, -0.1) is 10.2 Å². The lowest BCUT2D eigenvalue weighted by molar-refractivity contribution is 0.199. The van der Waals surface area contributed by atoms with Crippen molar-refractivity contribution in [2.24, 2.45) is 12.8 Å². The number of hydrogen-bond acceptors (Lipinski definition) is 5. The van der Waals surface area contributed by atoms with Crippen LogP contribution in [0.3, 0.4) is 0 Å². The minimum absolute atomic E-state index is 0.436. The van der Waals surface area contributed by atoms with Gasteiger partial charge in [0.25, 0.3) is 0 Å². The maximum Gasteiger partial charge on any atom is 0.191 e. The lowest BCUT2D eigenvalue weighted by atomic mass is 10.4. The van der Waals surface area contributed by atoms with Crippen molar-refractivity contribution in [1.29, 1.82) is 0 Å². The first-order valence-electron chi connectivity index (χ1n) is 4.64. The van der Waals surface area contributed by atoms with Crippen molar-refractivity contribution in [2.45, 2.75) is 23.4 Å². The number of hydrogen-bond donors (Lipinski definition) is 1. The lowest BCUT2D eigenvalue weighted by Gasteiger charge is -2.06. The van der Waals surface area contributed by atoms with Gasteiger partial charge in [0.2, 0.25) is 0 Å². The molecule has 1 aromatic rings. The van der Waals surface area contributed by atoms with Crippen LogP contribution >= 0.6 is 11.8 Å². The quantitative estimate of drug-likeness (QED) is 0.776. The van der Waals surface area contributed by atoms with Gasteiger partial charge < -0.3 is 15.0 Å². The van der Waals surface area contributed by atoms with Crippen LogP contribution < -0.4 is 5.73 Å². The molecular weight excluding hydrogens is 200 g/mol. The summed E-state index contributed by atoms with van der Waals surface area (Å²) < 4.78 is 7.25. The van der Waals surface area contributed by atoms with E-state index in [-0.39, 0.29) is 0 Å². The molecule has 6 heteroatoms. The SMILES string of the molecule is Cn1c(CN)nnc1SC1CCOC1. The van der Waals surface area contributed by atoms with Gasteiger partial charge in [-0.2, -0.15) is 0 Å². The van der Waals surface area contributed by atoms with E-state index in [9.17, 15) is 0 Å². The first-order valence-corrected chi connectivity index (χ1v) is 5.52. The summed E-state index contributed by atoms with van der Waals surface area (Å²) in [6.45, 7) is 2.11. The minimum atomic E-state index is 0.436. The molecule has 1 fully saturated rings. The lowest BCUT2D eigenvalue weighted by Crippen LogP contribution is -2.07. The van der Waals surface area contributed by atoms with Gasteiger partial charge in [-0.05, 0) is 6.42 Å². The summed E-state index contributed by atoms with van der Waals surface area (Å²) in [6.07, 6.45) is 1.09. The summed E-state index contributed by atoms with van der Waals surface area (Å²) in [5.41, 5.74) is 5.51. The number of rotatable bonds is 3. The molecule has 2 rings (SSSR count). The van der Waals surface area contributed by atoms with E-state index in [1.807, 2.05) is 11.6 Å². The first-order chi connectivity index (χ1) is 6.81. The van der Waals surface area contributed by atoms with Gasteiger partial charge in [-0.1, -0.05) is 11.8 Å². The summed E-state index contributed by atoms with van der Waals surface area (Å²) in [6, 6.07) is 0. The van der Waals surface area contributed by atoms with Crippen molar-refractivity contribution in [3.05, 3.63) is 5.82 Å². The number of thioether (sulfide) groups is 1. The van der Waals surface area contributed by atoms with E-state index >= 15 is 0 Å². The molecular formula is C8H14N4OS. The van der Waals surface area contributed by atoms with Gasteiger partial charge in [-0.25, -0.2) is 0 Å². The Morgan fingerprint density at radius 1 is 1.64 bits per heavy atom. The van der Waals surface area contributed by atoms with Crippen molar-refractivity contribution in [3.63, 3.8) is 0 Å². The predicted molar refractivity (Wildman–Crippen MR) is 54.0 cm³/mol. The van der Waals surface area contributed by atoms with Crippen LogP contribution in [0.2, 0.25) is 0 Å². The van der Waals surface area contributed by atoms with Crippen molar-refractivity contribution >= 4 is 11.8 Å². The van der Waals surface area contributed by atoms with Crippen LogP contribution in [0.15, 0.2) is 5.16 Å². The molecule has 1 aliphatic heterocycles. The maximum absolute atomic E-state index is 5.51. The monoisotopic (exact) mass is 214 g/mol. The van der Waals surface area contributed by atoms with Crippen LogP contribution in [-0.4, -0.2) is 33.2 Å². The average molecular weight is 214 g/mol. The van der Waals surface area contributed by atoms with Gasteiger partial charge in [0.1, 0.15) is 5.82 Å². The second-order valence-corrected chi connectivity index (χ2v) is 4.53. The number of nitrogens with two attached hydrogens (primary N) is 1. The fourth-order valence-corrected chi connectivity index (χ4v) is 2.41. The molecule has 1 saturated heterocycles. The summed E-state index contributed by atoms with van der Waals surface area (Å²) in [5, 5.41) is 9.54. The van der Waals surface area contributed by atoms with Gasteiger partial charge in [-0.3, -0.25) is 0 Å². The molecule has 78 valence electrons. The van der Waals surface area contributed by atoms with Crippen LogP contribution in [-0.2, 0) is 18.3 Å². The largest absolute Gasteiger partial charge is 0.380 e. The number of ether oxygens (including phenoxy) is 1. The molecule has 0 aromatic carbocycles. The van der Waals surface area contributed by atoms with E-state index in [1.165, 1.54) is 0 Å². The van der Waals surface area contributed by atoms with E-state index in [2.05, 4.69) is 10.2 Å². The Hall–Kier alpha value is -0.590. The van der Waals surface area contributed by atoms with E-state index in [0.29, 0.717) is 11.8 Å². The van der Waals surface area contributed by atoms with Crippen molar-refractivity contribution < 1.29 is 4.74 Å². The van der Waals surface area contributed by atoms with Crippen molar-refractivity contribution in [2.75, 3.05) is 13.2 Å². The van der Waals surface area contributed by atoms with E-state index in [0.717, 1.165) is 30.6 Å². The Morgan fingerprint density at radius 3 is 3.07 bits per heavy atom. The third kappa shape index (κ3) is 1.92. The van der Waals surface area contributed by atoms with Crippen LogP contribution in [0.4, 0.5) is 0 Å². The molecule has 0 amide bonds. The molecule has 1 aromatic heterocycles. The highest BCUT2D eigenvalue weighted by Crippen LogP contribution is 2.26. The van der Waals surface area contributed by atoms with Crippen molar-refractivity contribution in [3.8, 4) is 0 Å². The molecule has 1 atom stereocenters. The minimum Gasteiger partial charge on any atom is -0.380 e. The van der Waals surface area contributed by atoms with Gasteiger partial charge in [0.15, 0.2) is 5.16 Å². The highest BCUT2D eigenvalue weighted by Gasteiger charge is 2.19. The Labute approximate surface area is 87.0 Å². The topological polar surface area (TPSA) is 66.0 Å². The van der Waals surface area contributed by atoms with E-state index in [1.54, 1.807) is 11.8 Å². The van der Waals surface area contributed by atoms with Gasteiger partial charge >= 0.3 is 0 Å². The highest BCUT2D eigenvalue weighted by molar-refractivity contribution is 7.99. The molecule has 0 spiro atoms. The summed E-state index contributed by atoms with van der Waals surface area (Å²) in [5.74, 6) is 0.825. The molecule has 0 radical (unpaired) electrons. The van der Waals surface area contributed by atoms with Crippen LogP contribution in [0, 0.1) is 0 Å². The highest BCUT2D eigenvalue weighted by atomic mass is 32.2. The molecule has 2 heterocycles. The van der Waals surface area contributed by atoms with Gasteiger partial charge in [0, 0.05) is 18.9 Å². The molecule has 0 bridgehead atoms. The molecule has 5 nitrogen and oxygen atoms in total. The zero-order valence-electron chi connectivity index (χ0n) is 8.14. The zero-order valence-corrected chi connectivity index (χ0v) is 8.96. The average Bonchev–Trinajstić information content (AvgIpc) is 2.79. The molecule has 0 saturated carbocycles. The third-order valence-corrected chi connectivity index (χ3v) is 3.54. The number of aromatic nitrogens is 3. The summed E-state index contributed by atoms with van der Waals surface area (Å²) in [4.78, 5) is 0. The van der Waals surface area contributed by atoms with Gasteiger partial charge in [0.05, 0.1) is 13.2 Å². The number of nitrogens with zero attached hydrogens (tertiary/aromatic N) is 3. The van der Waals surface area contributed by atoms with Crippen LogP contribution in [0.1, 0.15) is 12.2 Å². The zero-order chi connectivity index (χ0) is 9.97. The van der Waals surface area contributed by atoms with Crippen molar-refractivity contribution in [1.82, 2.24) is 14.8 Å². The predicted octanol–water partition coefficient (Wildman–Crippen LogP) is 0.155. The molecule has 14 heavy (non-hydrogen) atoms. The fraction of sp³-hybridized carbons (Fsp3) is 0.750. The fourth-order valence-electron chi connectivity index (χ4n) is 1.38. The Morgan fingerprint density at radius 2 is 2.50 bits per heavy atom. The summed E-state index contributed by atoms with van der Waals surface area (Å²) in [7, 11) is 1.94. The second kappa shape index (κ2) is 4.29. The molecule has 1 aliphatic rings. The maximum atomic E-state index is 5.51. The molecule has 1 unspecified atom stereocenters. The first kappa shape index (κ1) is 9.95. The summed E-state index contributed by atoms with van der Waals surface area (Å²) >= 11 is 1.72. The molecule has 2 N–H and O–H groups in total. The van der Waals surface area contributed by atoms with E-state index in [4.69, 9.17) is 10.5 Å². The van der Waals surface area contributed by atoms with Crippen LogP contribution in [0.25, 0.3) is 0 Å². The standard InChI is InChI=1S/C8H14N4OS/c1-12-7(4-9)10-11-8(12)14-6-2-3-13-5-6/h6H,2-5,9H2,1H3. The normalized spacial score (nSPS) is 21.7. The smallest absolute Gasteiger partial charge is 0.191 e. The second-order valence-electron chi connectivity index (χ2n) is 3.27. The Kier molecular flexibility index (Phi) is 3.05. The Balaban J connectivity index is 2.04. The van der Waals surface area contributed by atoms with Crippen LogP contribution in [0.5, 0.6) is 0 Å². The molecule has 0 aliphatic carbocycles. The van der Waals surface area contributed by atoms with E-state index < -0.39 is 0 Å². The third-order valence-electron chi connectivity index (χ3n) is 2.27.